The summed E-state index contributed by atoms with van der Waals surface area (Å²) in [5, 5.41) is 2.78. The highest BCUT2D eigenvalue weighted by molar-refractivity contribution is 5.75. The molecule has 2 rings (SSSR count). The molecule has 0 spiro atoms. The maximum absolute atomic E-state index is 11.2. The largest absolute Gasteiger partial charge is 0.413 e. The van der Waals surface area contributed by atoms with Gasteiger partial charge in [-0.25, -0.2) is 4.79 Å². The molecule has 0 atom stereocenters. The number of carbonyl (C=O) groups is 1. The molecule has 1 aromatic carbocycles. The first-order valence-electron chi connectivity index (χ1n) is 4.60. The van der Waals surface area contributed by atoms with E-state index in [1.807, 2.05) is 39.0 Å². The van der Waals surface area contributed by atoms with Gasteiger partial charge in [0.25, 0.3) is 0 Å². The predicted molar refractivity (Wildman–Crippen MR) is 53.4 cm³/mol. The molecular formula is C11H13NO2. The van der Waals surface area contributed by atoms with Crippen LogP contribution in [0, 0.1) is 6.92 Å². The topological polar surface area (TPSA) is 38.3 Å². The first kappa shape index (κ1) is 9.06. The van der Waals surface area contributed by atoms with Crippen LogP contribution in [0.4, 0.5) is 4.79 Å². The van der Waals surface area contributed by atoms with Crippen LogP contribution in [-0.4, -0.2) is 6.09 Å². The maximum Gasteiger partial charge on any atom is 0.413 e. The Morgan fingerprint density at radius 3 is 2.79 bits per heavy atom. The monoisotopic (exact) mass is 191 g/mol. The van der Waals surface area contributed by atoms with Crippen molar-refractivity contribution in [1.29, 1.82) is 0 Å². The van der Waals surface area contributed by atoms with E-state index in [2.05, 4.69) is 5.32 Å². The minimum atomic E-state index is -0.383. The van der Waals surface area contributed by atoms with E-state index < -0.39 is 0 Å². The van der Waals surface area contributed by atoms with Crippen LogP contribution in [0.5, 0.6) is 5.75 Å². The van der Waals surface area contributed by atoms with Gasteiger partial charge in [-0.2, -0.15) is 0 Å². The number of hydrogen-bond donors (Lipinski definition) is 1. The summed E-state index contributed by atoms with van der Waals surface area (Å²) in [6.07, 6.45) is -0.383. The molecule has 0 aliphatic carbocycles. The Labute approximate surface area is 83.1 Å². The van der Waals surface area contributed by atoms with Gasteiger partial charge in [0.15, 0.2) is 0 Å². The molecule has 0 saturated heterocycles. The molecule has 3 nitrogen and oxygen atoms in total. The molecule has 0 radical (unpaired) electrons. The zero-order valence-corrected chi connectivity index (χ0v) is 8.55. The molecule has 0 saturated carbocycles. The molecule has 0 unspecified atom stereocenters. The van der Waals surface area contributed by atoms with Crippen molar-refractivity contribution >= 4 is 6.09 Å². The molecule has 1 heterocycles. The predicted octanol–water partition coefficient (Wildman–Crippen LogP) is 2.33. The van der Waals surface area contributed by atoms with Crippen LogP contribution in [0.2, 0.25) is 0 Å². The summed E-state index contributed by atoms with van der Waals surface area (Å²) in [7, 11) is 0. The van der Waals surface area contributed by atoms with Crippen LogP contribution in [0.1, 0.15) is 25.0 Å². The van der Waals surface area contributed by atoms with Gasteiger partial charge in [0, 0.05) is 5.56 Å². The number of hydrogen-bond acceptors (Lipinski definition) is 2. The summed E-state index contributed by atoms with van der Waals surface area (Å²) in [6.45, 7) is 5.95. The number of benzene rings is 1. The van der Waals surface area contributed by atoms with Crippen molar-refractivity contribution in [2.75, 3.05) is 0 Å². The number of rotatable bonds is 0. The Morgan fingerprint density at radius 1 is 1.36 bits per heavy atom. The molecule has 1 aromatic rings. The third-order valence-electron chi connectivity index (χ3n) is 2.43. The summed E-state index contributed by atoms with van der Waals surface area (Å²) >= 11 is 0. The van der Waals surface area contributed by atoms with E-state index in [4.69, 9.17) is 4.74 Å². The number of carbonyl (C=O) groups excluding carboxylic acids is 1. The van der Waals surface area contributed by atoms with Gasteiger partial charge in [-0.1, -0.05) is 17.7 Å². The lowest BCUT2D eigenvalue weighted by atomic mass is 9.91. The van der Waals surface area contributed by atoms with Gasteiger partial charge in [-0.15, -0.1) is 0 Å². The van der Waals surface area contributed by atoms with Gasteiger partial charge in [0.1, 0.15) is 5.75 Å². The van der Waals surface area contributed by atoms with E-state index in [1.165, 1.54) is 0 Å². The minimum Gasteiger partial charge on any atom is -0.410 e. The average Bonchev–Trinajstić information content (AvgIpc) is 2.05. The number of nitrogens with one attached hydrogen (secondary N) is 1. The zero-order chi connectivity index (χ0) is 10.3. The summed E-state index contributed by atoms with van der Waals surface area (Å²) in [5.41, 5.74) is 1.84. The highest BCUT2D eigenvalue weighted by Gasteiger charge is 2.32. The molecule has 0 bridgehead atoms. The van der Waals surface area contributed by atoms with Crippen LogP contribution in [0.3, 0.4) is 0 Å². The smallest absolute Gasteiger partial charge is 0.410 e. The third kappa shape index (κ3) is 1.35. The summed E-state index contributed by atoms with van der Waals surface area (Å²) in [6, 6.07) is 5.81. The fraction of sp³-hybridized carbons (Fsp3) is 0.364. The van der Waals surface area contributed by atoms with E-state index in [-0.39, 0.29) is 11.6 Å². The van der Waals surface area contributed by atoms with Crippen molar-refractivity contribution in [2.45, 2.75) is 26.3 Å². The Morgan fingerprint density at radius 2 is 2.07 bits per heavy atom. The SMILES string of the molecule is Cc1ccc2c(c1)C(C)(C)NC(=O)O2. The maximum atomic E-state index is 11.2. The molecule has 0 fully saturated rings. The van der Waals surface area contributed by atoms with Crippen molar-refractivity contribution in [3.8, 4) is 5.75 Å². The Kier molecular flexibility index (Phi) is 1.77. The Hall–Kier alpha value is -1.51. The highest BCUT2D eigenvalue weighted by atomic mass is 16.6. The molecule has 1 N–H and O–H groups in total. The normalized spacial score (nSPS) is 18.1. The van der Waals surface area contributed by atoms with Crippen LogP contribution in [0.25, 0.3) is 0 Å². The zero-order valence-electron chi connectivity index (χ0n) is 8.55. The van der Waals surface area contributed by atoms with Crippen molar-refractivity contribution in [2.24, 2.45) is 0 Å². The first-order valence-corrected chi connectivity index (χ1v) is 4.60. The van der Waals surface area contributed by atoms with Crippen LogP contribution in [0.15, 0.2) is 18.2 Å². The van der Waals surface area contributed by atoms with Gasteiger partial charge in [0.2, 0.25) is 0 Å². The number of aryl methyl sites for hydroxylation is 1. The van der Waals surface area contributed by atoms with E-state index in [9.17, 15) is 4.79 Å². The second-order valence-corrected chi connectivity index (χ2v) is 4.14. The quantitative estimate of drug-likeness (QED) is 0.683. The minimum absolute atomic E-state index is 0.351. The van der Waals surface area contributed by atoms with E-state index in [1.54, 1.807) is 0 Å². The van der Waals surface area contributed by atoms with E-state index in [0.717, 1.165) is 11.1 Å². The Balaban J connectivity index is 2.58. The molecule has 3 heteroatoms. The summed E-state index contributed by atoms with van der Waals surface area (Å²) in [4.78, 5) is 11.2. The van der Waals surface area contributed by atoms with Gasteiger partial charge in [0.05, 0.1) is 5.54 Å². The summed E-state index contributed by atoms with van der Waals surface area (Å²) in [5.74, 6) is 0.657. The lowest BCUT2D eigenvalue weighted by Crippen LogP contribution is -2.46. The molecule has 0 aromatic heterocycles. The number of amides is 1. The van der Waals surface area contributed by atoms with Crippen molar-refractivity contribution < 1.29 is 9.53 Å². The van der Waals surface area contributed by atoms with Gasteiger partial charge >= 0.3 is 6.09 Å². The third-order valence-corrected chi connectivity index (χ3v) is 2.43. The van der Waals surface area contributed by atoms with Crippen molar-refractivity contribution in [3.63, 3.8) is 0 Å². The van der Waals surface area contributed by atoms with E-state index in [0.29, 0.717) is 5.75 Å². The molecule has 1 aliphatic rings. The van der Waals surface area contributed by atoms with E-state index >= 15 is 0 Å². The van der Waals surface area contributed by atoms with Crippen LogP contribution < -0.4 is 10.1 Å². The standard InChI is InChI=1S/C11H13NO2/c1-7-4-5-9-8(6-7)11(2,3)12-10(13)14-9/h4-6H,1-3H3,(H,12,13). The van der Waals surface area contributed by atoms with Crippen molar-refractivity contribution in [3.05, 3.63) is 29.3 Å². The Bertz CT molecular complexity index is 396. The van der Waals surface area contributed by atoms with Gasteiger partial charge in [-0.3, -0.25) is 0 Å². The van der Waals surface area contributed by atoms with Crippen LogP contribution in [-0.2, 0) is 5.54 Å². The lowest BCUT2D eigenvalue weighted by molar-refractivity contribution is 0.177. The lowest BCUT2D eigenvalue weighted by Gasteiger charge is -2.32. The first-order chi connectivity index (χ1) is 6.49. The molecule has 74 valence electrons. The molecule has 14 heavy (non-hydrogen) atoms. The fourth-order valence-corrected chi connectivity index (χ4v) is 1.67. The van der Waals surface area contributed by atoms with Gasteiger partial charge in [-0.05, 0) is 26.8 Å². The molecular weight excluding hydrogens is 178 g/mol. The average molecular weight is 191 g/mol. The van der Waals surface area contributed by atoms with Crippen molar-refractivity contribution in [1.82, 2.24) is 5.32 Å². The fourth-order valence-electron chi connectivity index (χ4n) is 1.67. The van der Waals surface area contributed by atoms with Gasteiger partial charge < -0.3 is 10.1 Å². The second-order valence-electron chi connectivity index (χ2n) is 4.14. The second kappa shape index (κ2) is 2.74. The van der Waals surface area contributed by atoms with Crippen LogP contribution >= 0.6 is 0 Å². The molecule has 1 amide bonds. The molecule has 1 aliphatic heterocycles. The number of fused-ring (bicyclic) bond motifs is 1. The number of ether oxygens (including phenoxy) is 1. The summed E-state index contributed by atoms with van der Waals surface area (Å²) < 4.78 is 5.07. The highest BCUT2D eigenvalue weighted by Crippen LogP contribution is 2.33.